The van der Waals surface area contributed by atoms with Crippen molar-refractivity contribution in [2.24, 2.45) is 0 Å². The molecule has 5 rings (SSSR count). The number of pyridine rings is 2. The van der Waals surface area contributed by atoms with E-state index in [1.807, 2.05) is 13.8 Å². The number of morpholine rings is 1. The Morgan fingerprint density at radius 2 is 1.65 bits per heavy atom. The summed E-state index contributed by atoms with van der Waals surface area (Å²) in [5.41, 5.74) is -6.15. The first-order valence-electron chi connectivity index (χ1n) is 12.9. The second-order valence-corrected chi connectivity index (χ2v) is 12.0. The highest BCUT2D eigenvalue weighted by atomic mass is 32.2. The molecule has 1 fully saturated rings. The summed E-state index contributed by atoms with van der Waals surface area (Å²) in [5.74, 6) is 0.410. The summed E-state index contributed by atoms with van der Waals surface area (Å²) in [4.78, 5) is 18.5. The van der Waals surface area contributed by atoms with Crippen molar-refractivity contribution in [1.29, 1.82) is 0 Å². The normalized spacial score (nSPS) is 18.6. The Morgan fingerprint density at radius 3 is 2.28 bits per heavy atom. The van der Waals surface area contributed by atoms with Gasteiger partial charge in [0.15, 0.2) is 5.82 Å². The minimum absolute atomic E-state index is 0.0614. The first-order chi connectivity index (χ1) is 20.1. The van der Waals surface area contributed by atoms with E-state index < -0.39 is 32.0 Å². The van der Waals surface area contributed by atoms with Gasteiger partial charge in [0.05, 0.1) is 40.4 Å². The predicted octanol–water partition coefficient (Wildman–Crippen LogP) is 5.75. The van der Waals surface area contributed by atoms with E-state index in [1.165, 1.54) is 24.5 Å². The minimum Gasteiger partial charge on any atom is -0.373 e. The molecular weight excluding hydrogens is 602 g/mol. The highest BCUT2D eigenvalue weighted by Gasteiger charge is 2.46. The van der Waals surface area contributed by atoms with Gasteiger partial charge < -0.3 is 10.1 Å². The fraction of sp³-hybridized carbons (Fsp3) is 0.333. The Hall–Kier alpha value is -3.89. The predicted molar refractivity (Wildman–Crippen MR) is 144 cm³/mol. The van der Waals surface area contributed by atoms with Crippen LogP contribution in [0.3, 0.4) is 0 Å². The number of rotatable bonds is 6. The van der Waals surface area contributed by atoms with Gasteiger partial charge in [-0.2, -0.15) is 26.3 Å². The molecule has 228 valence electrons. The SMILES string of the molecule is CC1CN(Cc2nc(Nc3ccc(S(=O)(=O)C(F)(F)F)cc3)c3ncc(-c4ncccc4C(F)(F)F)cc3n2)CC(C)O1. The summed E-state index contributed by atoms with van der Waals surface area (Å²) in [7, 11) is -5.55. The number of nitrogens with one attached hydrogen (secondary N) is 1. The Kier molecular flexibility index (Phi) is 8.04. The van der Waals surface area contributed by atoms with Crippen LogP contribution in [0, 0.1) is 0 Å². The molecule has 0 spiro atoms. The van der Waals surface area contributed by atoms with Crippen molar-refractivity contribution < 1.29 is 39.5 Å². The molecule has 1 aliphatic rings. The maximum Gasteiger partial charge on any atom is 0.501 e. The molecule has 3 aromatic heterocycles. The number of fused-ring (bicyclic) bond motifs is 1. The zero-order valence-corrected chi connectivity index (χ0v) is 23.4. The van der Waals surface area contributed by atoms with Crippen LogP contribution in [0.15, 0.2) is 59.8 Å². The number of hydrogen-bond acceptors (Lipinski definition) is 9. The van der Waals surface area contributed by atoms with E-state index in [1.54, 1.807) is 0 Å². The lowest BCUT2D eigenvalue weighted by molar-refractivity contribution is -0.137. The third-order valence-corrected chi connectivity index (χ3v) is 8.06. The van der Waals surface area contributed by atoms with Gasteiger partial charge in [0.25, 0.3) is 9.84 Å². The molecule has 0 saturated carbocycles. The van der Waals surface area contributed by atoms with E-state index in [4.69, 9.17) is 4.74 Å². The zero-order chi connectivity index (χ0) is 31.2. The van der Waals surface area contributed by atoms with Crippen LogP contribution in [0.25, 0.3) is 22.3 Å². The molecule has 1 N–H and O–H groups in total. The quantitative estimate of drug-likeness (QED) is 0.268. The largest absolute Gasteiger partial charge is 0.501 e. The van der Waals surface area contributed by atoms with Crippen LogP contribution in [-0.4, -0.2) is 64.1 Å². The molecule has 1 aromatic carbocycles. The lowest BCUT2D eigenvalue weighted by atomic mass is 10.1. The van der Waals surface area contributed by atoms with Crippen molar-refractivity contribution in [2.75, 3.05) is 18.4 Å². The number of sulfone groups is 1. The monoisotopic (exact) mass is 626 g/mol. The number of ether oxygens (including phenoxy) is 1. The fourth-order valence-corrected chi connectivity index (χ4v) is 5.58. The van der Waals surface area contributed by atoms with Crippen molar-refractivity contribution in [2.45, 2.75) is 49.2 Å². The molecule has 4 heterocycles. The minimum atomic E-state index is -5.55. The standard InChI is InChI=1S/C27H24F6N6O3S/c1-15-12-39(13-16(2)42-15)14-22-37-21-10-17(23-20(26(28,29)30)4-3-9-34-23)11-35-24(21)25(38-22)36-18-5-7-19(8-6-18)43(40,41)27(31,32)33/h3-11,15-16H,12-14H2,1-2H3,(H,36,37,38). The van der Waals surface area contributed by atoms with Crippen LogP contribution in [0.5, 0.6) is 0 Å². The van der Waals surface area contributed by atoms with Crippen molar-refractivity contribution in [3.63, 3.8) is 0 Å². The number of halogens is 6. The van der Waals surface area contributed by atoms with Crippen LogP contribution < -0.4 is 5.32 Å². The highest BCUT2D eigenvalue weighted by Crippen LogP contribution is 2.37. The van der Waals surface area contributed by atoms with Crippen molar-refractivity contribution >= 4 is 32.4 Å². The molecule has 43 heavy (non-hydrogen) atoms. The topological polar surface area (TPSA) is 110 Å². The van der Waals surface area contributed by atoms with Crippen LogP contribution in [0.4, 0.5) is 37.8 Å². The summed E-state index contributed by atoms with van der Waals surface area (Å²) in [6.07, 6.45) is -2.37. The summed E-state index contributed by atoms with van der Waals surface area (Å²) >= 11 is 0. The summed E-state index contributed by atoms with van der Waals surface area (Å²) < 4.78 is 109. The van der Waals surface area contributed by atoms with Crippen LogP contribution >= 0.6 is 0 Å². The highest BCUT2D eigenvalue weighted by molar-refractivity contribution is 7.92. The molecule has 1 saturated heterocycles. The Labute approximate surface area is 241 Å². The molecule has 2 unspecified atom stereocenters. The van der Waals surface area contributed by atoms with Gasteiger partial charge >= 0.3 is 11.7 Å². The summed E-state index contributed by atoms with van der Waals surface area (Å²) in [5, 5.41) is 2.93. The van der Waals surface area contributed by atoms with E-state index >= 15 is 0 Å². The molecular formula is C27H24F6N6O3S. The Balaban J connectivity index is 1.56. The average molecular weight is 627 g/mol. The molecule has 9 nitrogen and oxygen atoms in total. The molecule has 16 heteroatoms. The molecule has 0 aliphatic carbocycles. The van der Waals surface area contributed by atoms with Crippen molar-refractivity contribution in [1.82, 2.24) is 24.8 Å². The lowest BCUT2D eigenvalue weighted by Gasteiger charge is -2.34. The number of aromatic nitrogens is 4. The van der Waals surface area contributed by atoms with Gasteiger partial charge in [-0.3, -0.25) is 9.88 Å². The van der Waals surface area contributed by atoms with Crippen molar-refractivity contribution in [3.8, 4) is 11.3 Å². The molecule has 0 amide bonds. The van der Waals surface area contributed by atoms with Gasteiger partial charge in [0.2, 0.25) is 0 Å². The molecule has 0 radical (unpaired) electrons. The molecule has 1 aliphatic heterocycles. The van der Waals surface area contributed by atoms with Gasteiger partial charge in [-0.05, 0) is 56.3 Å². The molecule has 2 atom stereocenters. The number of hydrogen-bond donors (Lipinski definition) is 1. The summed E-state index contributed by atoms with van der Waals surface area (Å²) in [6, 6.07) is 7.37. The first kappa shape index (κ1) is 30.6. The second kappa shape index (κ2) is 11.3. The molecule has 4 aromatic rings. The lowest BCUT2D eigenvalue weighted by Crippen LogP contribution is -2.45. The van der Waals surface area contributed by atoms with E-state index in [2.05, 4.69) is 30.2 Å². The zero-order valence-electron chi connectivity index (χ0n) is 22.6. The number of anilines is 2. The third-order valence-electron chi connectivity index (χ3n) is 6.56. The number of benzene rings is 1. The summed E-state index contributed by atoms with van der Waals surface area (Å²) in [6.45, 7) is 5.24. The first-order valence-corrected chi connectivity index (χ1v) is 14.4. The van der Waals surface area contributed by atoms with E-state index in [0.717, 1.165) is 30.3 Å². The maximum absolute atomic E-state index is 13.7. The Bertz CT molecular complexity index is 1740. The van der Waals surface area contributed by atoms with E-state index in [0.29, 0.717) is 18.9 Å². The van der Waals surface area contributed by atoms with E-state index in [9.17, 15) is 34.8 Å². The van der Waals surface area contributed by atoms with Crippen LogP contribution in [0.2, 0.25) is 0 Å². The smallest absolute Gasteiger partial charge is 0.373 e. The Morgan fingerprint density at radius 1 is 0.977 bits per heavy atom. The van der Waals surface area contributed by atoms with Gasteiger partial charge in [0.1, 0.15) is 11.3 Å². The van der Waals surface area contributed by atoms with Crippen LogP contribution in [0.1, 0.15) is 25.2 Å². The van der Waals surface area contributed by atoms with E-state index in [-0.39, 0.29) is 52.5 Å². The van der Waals surface area contributed by atoms with Crippen LogP contribution in [-0.2, 0) is 27.3 Å². The number of alkyl halides is 6. The van der Waals surface area contributed by atoms with Gasteiger partial charge in [-0.25, -0.2) is 23.4 Å². The van der Waals surface area contributed by atoms with Gasteiger partial charge in [-0.1, -0.05) is 0 Å². The van der Waals surface area contributed by atoms with Crippen molar-refractivity contribution in [3.05, 3.63) is 66.2 Å². The second-order valence-electron chi connectivity index (χ2n) is 10.0. The van der Waals surface area contributed by atoms with Gasteiger partial charge in [0, 0.05) is 36.7 Å². The van der Waals surface area contributed by atoms with Gasteiger partial charge in [-0.15, -0.1) is 0 Å². The third kappa shape index (κ3) is 6.55. The number of nitrogens with zero attached hydrogens (tertiary/aromatic N) is 5. The maximum atomic E-state index is 13.7. The average Bonchev–Trinajstić information content (AvgIpc) is 2.91. The fourth-order valence-electron chi connectivity index (χ4n) is 4.82. The molecule has 0 bridgehead atoms.